The van der Waals surface area contributed by atoms with Crippen molar-refractivity contribution in [1.82, 2.24) is 10.3 Å². The van der Waals surface area contributed by atoms with Crippen LogP contribution in [-0.2, 0) is 6.42 Å². The molecule has 1 N–H and O–H groups in total. The molecule has 1 aromatic heterocycles. The minimum atomic E-state index is 0.586. The molecule has 106 valence electrons. The maximum absolute atomic E-state index is 4.95. The number of benzene rings is 1. The molecule has 0 aliphatic heterocycles. The molecule has 1 aliphatic carbocycles. The minimum Gasteiger partial charge on any atom is -0.319 e. The molecule has 0 fully saturated rings. The number of aromatic nitrogens is 1. The summed E-state index contributed by atoms with van der Waals surface area (Å²) in [5, 5.41) is 4.47. The highest BCUT2D eigenvalue weighted by atomic mass is 79.9. The van der Waals surface area contributed by atoms with Crippen molar-refractivity contribution in [2.24, 2.45) is 0 Å². The Morgan fingerprint density at radius 3 is 3.05 bits per heavy atom. The van der Waals surface area contributed by atoms with Crippen molar-refractivity contribution in [3.8, 4) is 10.6 Å². The molecule has 3 rings (SSSR count). The molecule has 0 radical (unpaired) electrons. The molecule has 1 atom stereocenters. The van der Waals surface area contributed by atoms with E-state index >= 15 is 0 Å². The number of likely N-dealkylation sites (N-methyl/N-ethyl adjacent to an activating group) is 1. The second-order valence-corrected chi connectivity index (χ2v) is 7.38. The highest BCUT2D eigenvalue weighted by Gasteiger charge is 2.24. The predicted octanol–water partition coefficient (Wildman–Crippen LogP) is 4.52. The zero-order valence-corrected chi connectivity index (χ0v) is 14.3. The van der Waals surface area contributed by atoms with Crippen LogP contribution in [0.15, 0.2) is 22.7 Å². The summed E-state index contributed by atoms with van der Waals surface area (Å²) >= 11 is 5.49. The van der Waals surface area contributed by atoms with Gasteiger partial charge in [-0.2, -0.15) is 0 Å². The summed E-state index contributed by atoms with van der Waals surface area (Å²) in [5.41, 5.74) is 3.83. The number of rotatable bonds is 3. The fourth-order valence-corrected chi connectivity index (χ4v) is 4.37. The molecule has 0 spiro atoms. The van der Waals surface area contributed by atoms with E-state index in [1.807, 2.05) is 18.4 Å². The van der Waals surface area contributed by atoms with Crippen LogP contribution in [0.25, 0.3) is 10.6 Å². The van der Waals surface area contributed by atoms with E-state index in [-0.39, 0.29) is 0 Å². The van der Waals surface area contributed by atoms with Gasteiger partial charge in [-0.1, -0.05) is 28.1 Å². The first kappa shape index (κ1) is 14.2. The SMILES string of the molecule is CNCC1CCCc2sc(-c3ccc(C)c(Br)c3)nc21. The van der Waals surface area contributed by atoms with E-state index in [0.717, 1.165) is 11.0 Å². The average Bonchev–Trinajstić information content (AvgIpc) is 2.87. The summed E-state index contributed by atoms with van der Waals surface area (Å²) in [6, 6.07) is 6.52. The molecule has 1 heterocycles. The lowest BCUT2D eigenvalue weighted by molar-refractivity contribution is 0.523. The first-order valence-electron chi connectivity index (χ1n) is 7.09. The lowest BCUT2D eigenvalue weighted by Crippen LogP contribution is -2.20. The average molecular weight is 351 g/mol. The number of nitrogens with one attached hydrogen (secondary N) is 1. The molecule has 0 bridgehead atoms. The lowest BCUT2D eigenvalue weighted by atomic mass is 9.91. The van der Waals surface area contributed by atoms with Crippen LogP contribution in [0.2, 0.25) is 0 Å². The Balaban J connectivity index is 1.97. The van der Waals surface area contributed by atoms with Gasteiger partial charge in [-0.25, -0.2) is 4.98 Å². The van der Waals surface area contributed by atoms with Gasteiger partial charge in [0, 0.05) is 27.4 Å². The third-order valence-electron chi connectivity index (χ3n) is 3.94. The lowest BCUT2D eigenvalue weighted by Gasteiger charge is -2.20. The number of fused-ring (bicyclic) bond motifs is 1. The van der Waals surface area contributed by atoms with Gasteiger partial charge in [0.2, 0.25) is 0 Å². The summed E-state index contributed by atoms with van der Waals surface area (Å²) in [5.74, 6) is 0.586. The molecule has 0 saturated carbocycles. The second-order valence-electron chi connectivity index (χ2n) is 5.44. The second kappa shape index (κ2) is 5.96. The third-order valence-corrected chi connectivity index (χ3v) is 5.97. The fourth-order valence-electron chi connectivity index (χ4n) is 2.80. The molecule has 0 amide bonds. The number of hydrogen-bond donors (Lipinski definition) is 1. The van der Waals surface area contributed by atoms with Crippen molar-refractivity contribution < 1.29 is 0 Å². The van der Waals surface area contributed by atoms with Gasteiger partial charge in [0.05, 0.1) is 5.69 Å². The van der Waals surface area contributed by atoms with Crippen molar-refractivity contribution in [3.63, 3.8) is 0 Å². The summed E-state index contributed by atoms with van der Waals surface area (Å²) in [7, 11) is 2.03. The number of thiazole rings is 1. The first-order chi connectivity index (χ1) is 9.69. The van der Waals surface area contributed by atoms with E-state index in [0.29, 0.717) is 5.92 Å². The van der Waals surface area contributed by atoms with Crippen molar-refractivity contribution in [3.05, 3.63) is 38.8 Å². The molecule has 1 unspecified atom stereocenters. The summed E-state index contributed by atoms with van der Waals surface area (Å²) in [6.45, 7) is 3.15. The molecular weight excluding hydrogens is 332 g/mol. The Hall–Kier alpha value is -0.710. The molecule has 2 nitrogen and oxygen atoms in total. The normalized spacial score (nSPS) is 18.1. The molecular formula is C16H19BrN2S. The first-order valence-corrected chi connectivity index (χ1v) is 8.70. The molecule has 1 aromatic carbocycles. The van der Waals surface area contributed by atoms with E-state index in [1.165, 1.54) is 46.0 Å². The molecule has 0 saturated heterocycles. The summed E-state index contributed by atoms with van der Waals surface area (Å²) in [4.78, 5) is 6.44. The van der Waals surface area contributed by atoms with Gasteiger partial charge in [-0.15, -0.1) is 11.3 Å². The monoisotopic (exact) mass is 350 g/mol. The van der Waals surface area contributed by atoms with Gasteiger partial charge in [-0.05, 0) is 44.9 Å². The highest BCUT2D eigenvalue weighted by Crippen LogP contribution is 2.38. The van der Waals surface area contributed by atoms with Gasteiger partial charge >= 0.3 is 0 Å². The van der Waals surface area contributed by atoms with Crippen LogP contribution in [0.4, 0.5) is 0 Å². The van der Waals surface area contributed by atoms with Crippen molar-refractivity contribution in [2.45, 2.75) is 32.1 Å². The number of aryl methyl sites for hydroxylation is 2. The smallest absolute Gasteiger partial charge is 0.123 e. The van der Waals surface area contributed by atoms with Crippen LogP contribution in [0.5, 0.6) is 0 Å². The van der Waals surface area contributed by atoms with E-state index < -0.39 is 0 Å². The van der Waals surface area contributed by atoms with Crippen molar-refractivity contribution in [2.75, 3.05) is 13.6 Å². The van der Waals surface area contributed by atoms with Crippen LogP contribution in [0.1, 0.15) is 34.9 Å². The van der Waals surface area contributed by atoms with Crippen molar-refractivity contribution in [1.29, 1.82) is 0 Å². The Kier molecular flexibility index (Phi) is 4.24. The van der Waals surface area contributed by atoms with Crippen LogP contribution in [0.3, 0.4) is 0 Å². The standard InChI is InChI=1S/C16H19BrN2S/c1-10-6-7-11(8-13(10)17)16-19-15-12(9-18-2)4-3-5-14(15)20-16/h6-8,12,18H,3-5,9H2,1-2H3. The largest absolute Gasteiger partial charge is 0.319 e. The summed E-state index contributed by atoms with van der Waals surface area (Å²) in [6.07, 6.45) is 3.74. The fraction of sp³-hybridized carbons (Fsp3) is 0.438. The van der Waals surface area contributed by atoms with Crippen LogP contribution >= 0.6 is 27.3 Å². The minimum absolute atomic E-state index is 0.586. The highest BCUT2D eigenvalue weighted by molar-refractivity contribution is 9.10. The Morgan fingerprint density at radius 2 is 2.30 bits per heavy atom. The van der Waals surface area contributed by atoms with Gasteiger partial charge in [0.15, 0.2) is 0 Å². The number of hydrogen-bond acceptors (Lipinski definition) is 3. The Labute approximate surface area is 132 Å². The summed E-state index contributed by atoms with van der Waals surface area (Å²) < 4.78 is 1.16. The molecule has 1 aliphatic rings. The number of nitrogens with zero attached hydrogens (tertiary/aromatic N) is 1. The number of halogens is 1. The quantitative estimate of drug-likeness (QED) is 0.879. The van der Waals surface area contributed by atoms with E-state index in [1.54, 1.807) is 0 Å². The van der Waals surface area contributed by atoms with Crippen LogP contribution in [-0.4, -0.2) is 18.6 Å². The zero-order chi connectivity index (χ0) is 14.1. The third kappa shape index (κ3) is 2.69. The van der Waals surface area contributed by atoms with E-state index in [4.69, 9.17) is 4.98 Å². The zero-order valence-electron chi connectivity index (χ0n) is 11.9. The van der Waals surface area contributed by atoms with Gasteiger partial charge in [0.1, 0.15) is 5.01 Å². The maximum atomic E-state index is 4.95. The van der Waals surface area contributed by atoms with Crippen LogP contribution < -0.4 is 5.32 Å². The van der Waals surface area contributed by atoms with E-state index in [9.17, 15) is 0 Å². The Bertz CT molecular complexity index is 621. The van der Waals surface area contributed by atoms with Gasteiger partial charge in [0.25, 0.3) is 0 Å². The Morgan fingerprint density at radius 1 is 1.45 bits per heavy atom. The van der Waals surface area contributed by atoms with Gasteiger partial charge in [-0.3, -0.25) is 0 Å². The van der Waals surface area contributed by atoms with Gasteiger partial charge < -0.3 is 5.32 Å². The molecule has 2 aromatic rings. The maximum Gasteiger partial charge on any atom is 0.123 e. The van der Waals surface area contributed by atoms with Crippen LogP contribution in [0, 0.1) is 6.92 Å². The molecule has 4 heteroatoms. The van der Waals surface area contributed by atoms with Crippen molar-refractivity contribution >= 4 is 27.3 Å². The molecule has 20 heavy (non-hydrogen) atoms. The topological polar surface area (TPSA) is 24.9 Å². The predicted molar refractivity (Wildman–Crippen MR) is 89.6 cm³/mol. The van der Waals surface area contributed by atoms with E-state index in [2.05, 4.69) is 46.4 Å².